The van der Waals surface area contributed by atoms with Gasteiger partial charge in [0.25, 0.3) is 0 Å². The van der Waals surface area contributed by atoms with E-state index in [1.165, 1.54) is 32.1 Å². The third-order valence-electron chi connectivity index (χ3n) is 5.92. The van der Waals surface area contributed by atoms with Crippen molar-refractivity contribution in [3.63, 3.8) is 0 Å². The molecule has 0 radical (unpaired) electrons. The standard InChI is InChI=1S/C21H41N5O2/c1-17(2)19(26-11-13-28-14-12-26)16-25-21(22-3)24-10-9-23-20(27)15-18-7-5-4-6-8-18/h17-19H,4-16H2,1-3H3,(H,23,27)(H2,22,24,25). The number of ether oxygens (including phenoxy) is 1. The maximum atomic E-state index is 12.1. The van der Waals surface area contributed by atoms with E-state index in [0.717, 1.165) is 38.8 Å². The Morgan fingerprint density at radius 1 is 1.07 bits per heavy atom. The van der Waals surface area contributed by atoms with E-state index >= 15 is 0 Å². The van der Waals surface area contributed by atoms with Gasteiger partial charge >= 0.3 is 0 Å². The number of hydrogen-bond acceptors (Lipinski definition) is 4. The zero-order valence-electron chi connectivity index (χ0n) is 18.1. The Kier molecular flexibility index (Phi) is 10.6. The van der Waals surface area contributed by atoms with Crippen molar-refractivity contribution < 1.29 is 9.53 Å². The summed E-state index contributed by atoms with van der Waals surface area (Å²) in [5.41, 5.74) is 0. The zero-order valence-corrected chi connectivity index (χ0v) is 18.1. The van der Waals surface area contributed by atoms with E-state index in [9.17, 15) is 4.79 Å². The van der Waals surface area contributed by atoms with Crippen LogP contribution in [0.25, 0.3) is 0 Å². The molecular weight excluding hydrogens is 354 g/mol. The van der Waals surface area contributed by atoms with Gasteiger partial charge in [0.1, 0.15) is 0 Å². The van der Waals surface area contributed by atoms with Crippen LogP contribution in [0.15, 0.2) is 4.99 Å². The topological polar surface area (TPSA) is 78.0 Å². The fourth-order valence-electron chi connectivity index (χ4n) is 4.23. The van der Waals surface area contributed by atoms with Gasteiger partial charge in [-0.2, -0.15) is 0 Å². The molecule has 2 aliphatic rings. The van der Waals surface area contributed by atoms with Gasteiger partial charge in [0.2, 0.25) is 5.91 Å². The van der Waals surface area contributed by atoms with E-state index in [1.54, 1.807) is 7.05 Å². The average molecular weight is 396 g/mol. The van der Waals surface area contributed by atoms with Gasteiger partial charge in [0.15, 0.2) is 5.96 Å². The van der Waals surface area contributed by atoms with Gasteiger partial charge in [-0.15, -0.1) is 0 Å². The Morgan fingerprint density at radius 2 is 1.75 bits per heavy atom. The van der Waals surface area contributed by atoms with Gasteiger partial charge in [0.05, 0.1) is 13.2 Å². The van der Waals surface area contributed by atoms with Crippen LogP contribution in [0.4, 0.5) is 0 Å². The molecule has 1 atom stereocenters. The molecule has 2 fully saturated rings. The highest BCUT2D eigenvalue weighted by Crippen LogP contribution is 2.25. The first kappa shape index (κ1) is 22.9. The summed E-state index contributed by atoms with van der Waals surface area (Å²) in [6, 6.07) is 0.456. The van der Waals surface area contributed by atoms with Crippen LogP contribution in [0.2, 0.25) is 0 Å². The van der Waals surface area contributed by atoms with E-state index in [1.807, 2.05) is 0 Å². The molecule has 2 rings (SSSR count). The highest BCUT2D eigenvalue weighted by atomic mass is 16.5. The Labute approximate surface area is 171 Å². The van der Waals surface area contributed by atoms with Gasteiger partial charge < -0.3 is 20.7 Å². The number of carbonyl (C=O) groups excluding carboxylic acids is 1. The second-order valence-corrected chi connectivity index (χ2v) is 8.40. The minimum absolute atomic E-state index is 0.184. The molecule has 0 spiro atoms. The number of guanidine groups is 1. The number of carbonyl (C=O) groups is 1. The molecule has 0 aromatic heterocycles. The monoisotopic (exact) mass is 395 g/mol. The van der Waals surface area contributed by atoms with Crippen LogP contribution in [-0.2, 0) is 9.53 Å². The van der Waals surface area contributed by atoms with Crippen molar-refractivity contribution in [1.82, 2.24) is 20.9 Å². The van der Waals surface area contributed by atoms with Crippen LogP contribution in [0.3, 0.4) is 0 Å². The van der Waals surface area contributed by atoms with Crippen LogP contribution in [0.1, 0.15) is 52.4 Å². The maximum absolute atomic E-state index is 12.1. The molecular formula is C21H41N5O2. The summed E-state index contributed by atoms with van der Waals surface area (Å²) >= 11 is 0. The summed E-state index contributed by atoms with van der Waals surface area (Å²) in [6.45, 7) is 10.3. The number of nitrogens with zero attached hydrogens (tertiary/aromatic N) is 2. The normalized spacial score (nSPS) is 20.8. The highest BCUT2D eigenvalue weighted by molar-refractivity contribution is 5.80. The summed E-state index contributed by atoms with van der Waals surface area (Å²) in [4.78, 5) is 18.9. The van der Waals surface area contributed by atoms with Crippen molar-refractivity contribution in [3.05, 3.63) is 0 Å². The van der Waals surface area contributed by atoms with Crippen LogP contribution in [-0.4, -0.2) is 75.8 Å². The van der Waals surface area contributed by atoms with Gasteiger partial charge in [-0.1, -0.05) is 33.1 Å². The first-order valence-electron chi connectivity index (χ1n) is 11.1. The van der Waals surface area contributed by atoms with Gasteiger partial charge in [-0.05, 0) is 24.7 Å². The third-order valence-corrected chi connectivity index (χ3v) is 5.92. The van der Waals surface area contributed by atoms with E-state index < -0.39 is 0 Å². The third kappa shape index (κ3) is 8.35. The molecule has 1 aliphatic heterocycles. The molecule has 7 nitrogen and oxygen atoms in total. The number of rotatable bonds is 9. The zero-order chi connectivity index (χ0) is 20.2. The lowest BCUT2D eigenvalue weighted by molar-refractivity contribution is -0.122. The van der Waals surface area contributed by atoms with Crippen LogP contribution >= 0.6 is 0 Å². The van der Waals surface area contributed by atoms with Crippen LogP contribution in [0, 0.1) is 11.8 Å². The number of aliphatic imine (C=N–C) groups is 1. The van der Waals surface area contributed by atoms with Crippen LogP contribution < -0.4 is 16.0 Å². The lowest BCUT2D eigenvalue weighted by Gasteiger charge is -2.37. The molecule has 1 heterocycles. The van der Waals surface area contributed by atoms with Crippen LogP contribution in [0.5, 0.6) is 0 Å². The molecule has 1 saturated heterocycles. The largest absolute Gasteiger partial charge is 0.379 e. The molecule has 1 amide bonds. The lowest BCUT2D eigenvalue weighted by Crippen LogP contribution is -2.53. The Hall–Kier alpha value is -1.34. The number of amides is 1. The van der Waals surface area contributed by atoms with E-state index in [2.05, 4.69) is 39.7 Å². The second kappa shape index (κ2) is 13.0. The van der Waals surface area contributed by atoms with E-state index in [-0.39, 0.29) is 5.91 Å². The van der Waals surface area contributed by atoms with Gasteiger partial charge in [-0.25, -0.2) is 0 Å². The number of hydrogen-bond donors (Lipinski definition) is 3. The molecule has 0 bridgehead atoms. The molecule has 0 aromatic rings. The first-order valence-corrected chi connectivity index (χ1v) is 11.1. The summed E-state index contributed by atoms with van der Waals surface area (Å²) in [5.74, 6) is 2.12. The Bertz CT molecular complexity index is 471. The molecule has 28 heavy (non-hydrogen) atoms. The highest BCUT2D eigenvalue weighted by Gasteiger charge is 2.23. The van der Waals surface area contributed by atoms with Gasteiger partial charge in [0, 0.05) is 52.2 Å². The van der Waals surface area contributed by atoms with Crippen molar-refractivity contribution >= 4 is 11.9 Å². The van der Waals surface area contributed by atoms with Gasteiger partial charge in [-0.3, -0.25) is 14.7 Å². The molecule has 1 unspecified atom stereocenters. The molecule has 1 aliphatic carbocycles. The second-order valence-electron chi connectivity index (χ2n) is 8.40. The molecule has 7 heteroatoms. The van der Waals surface area contributed by atoms with Crippen molar-refractivity contribution in [3.8, 4) is 0 Å². The fraction of sp³-hybridized carbons (Fsp3) is 0.905. The number of morpholine rings is 1. The van der Waals surface area contributed by atoms with E-state index in [4.69, 9.17) is 4.74 Å². The minimum atomic E-state index is 0.184. The minimum Gasteiger partial charge on any atom is -0.379 e. The molecule has 1 saturated carbocycles. The SMILES string of the molecule is CN=C(NCCNC(=O)CC1CCCCC1)NCC(C(C)C)N1CCOCC1. The predicted octanol–water partition coefficient (Wildman–Crippen LogP) is 1.59. The number of nitrogens with one attached hydrogen (secondary N) is 3. The first-order chi connectivity index (χ1) is 13.6. The Morgan fingerprint density at radius 3 is 2.39 bits per heavy atom. The molecule has 0 aromatic carbocycles. The van der Waals surface area contributed by atoms with Crippen molar-refractivity contribution in [2.45, 2.75) is 58.4 Å². The average Bonchev–Trinajstić information content (AvgIpc) is 2.71. The summed E-state index contributed by atoms with van der Waals surface area (Å²) in [7, 11) is 1.79. The van der Waals surface area contributed by atoms with Crippen molar-refractivity contribution in [2.24, 2.45) is 16.8 Å². The molecule has 162 valence electrons. The van der Waals surface area contributed by atoms with E-state index in [0.29, 0.717) is 37.4 Å². The predicted molar refractivity (Wildman–Crippen MR) is 115 cm³/mol. The quantitative estimate of drug-likeness (QED) is 0.314. The van der Waals surface area contributed by atoms with Crippen molar-refractivity contribution in [2.75, 3.05) is 53.0 Å². The van der Waals surface area contributed by atoms with Crippen molar-refractivity contribution in [1.29, 1.82) is 0 Å². The lowest BCUT2D eigenvalue weighted by atomic mass is 9.87. The summed E-state index contributed by atoms with van der Waals surface area (Å²) in [5, 5.41) is 9.79. The summed E-state index contributed by atoms with van der Waals surface area (Å²) in [6.07, 6.45) is 7.00. The maximum Gasteiger partial charge on any atom is 0.220 e. The smallest absolute Gasteiger partial charge is 0.220 e. The summed E-state index contributed by atoms with van der Waals surface area (Å²) < 4.78 is 5.48. The molecule has 3 N–H and O–H groups in total. The fourth-order valence-corrected chi connectivity index (χ4v) is 4.23. The Balaban J connectivity index is 1.62.